The number of halogens is 2. The standard InChI is InChI=1S/C16H15Cl2NO3S/c17-12-3-1-5-19-16(12)23(20)8-4-11-9-13(18)15-14(10-11)21-6-2-7-22-15/h1,3,5,9-10H,2,4,6-8H2. The summed E-state index contributed by atoms with van der Waals surface area (Å²) in [5.41, 5.74) is 0.944. The molecule has 1 atom stereocenters. The molecule has 23 heavy (non-hydrogen) atoms. The Morgan fingerprint density at radius 3 is 2.83 bits per heavy atom. The summed E-state index contributed by atoms with van der Waals surface area (Å²) in [4.78, 5) is 4.09. The number of aromatic nitrogens is 1. The smallest absolute Gasteiger partial charge is 0.179 e. The van der Waals surface area contributed by atoms with Crippen molar-refractivity contribution in [3.8, 4) is 11.5 Å². The number of rotatable bonds is 4. The van der Waals surface area contributed by atoms with Crippen LogP contribution in [0.5, 0.6) is 11.5 Å². The Kier molecular flexibility index (Phi) is 5.41. The molecule has 7 heteroatoms. The molecule has 0 N–H and O–H groups in total. The Morgan fingerprint density at radius 2 is 2.00 bits per heavy atom. The maximum atomic E-state index is 12.3. The van der Waals surface area contributed by atoms with Crippen LogP contribution < -0.4 is 9.47 Å². The number of fused-ring (bicyclic) bond motifs is 1. The molecular formula is C16H15Cl2NO3S. The summed E-state index contributed by atoms with van der Waals surface area (Å²) in [5, 5.41) is 1.35. The van der Waals surface area contributed by atoms with Crippen molar-refractivity contribution in [2.45, 2.75) is 17.9 Å². The van der Waals surface area contributed by atoms with Crippen LogP contribution in [0.3, 0.4) is 0 Å². The van der Waals surface area contributed by atoms with Gasteiger partial charge in [-0.1, -0.05) is 23.2 Å². The topological polar surface area (TPSA) is 48.4 Å². The van der Waals surface area contributed by atoms with Crippen molar-refractivity contribution in [3.63, 3.8) is 0 Å². The van der Waals surface area contributed by atoms with E-state index in [2.05, 4.69) is 4.98 Å². The van der Waals surface area contributed by atoms with Crippen LogP contribution in [0, 0.1) is 0 Å². The van der Waals surface area contributed by atoms with Gasteiger partial charge < -0.3 is 9.47 Å². The molecule has 3 rings (SSSR count). The number of hydrogen-bond acceptors (Lipinski definition) is 4. The Labute approximate surface area is 147 Å². The molecular weight excluding hydrogens is 357 g/mol. The lowest BCUT2D eigenvalue weighted by molar-refractivity contribution is 0.297. The minimum atomic E-state index is -1.27. The third-order valence-corrected chi connectivity index (χ3v) is 5.41. The zero-order valence-electron chi connectivity index (χ0n) is 12.3. The molecule has 1 unspecified atom stereocenters. The average Bonchev–Trinajstić information content (AvgIpc) is 2.79. The molecule has 4 nitrogen and oxygen atoms in total. The fourth-order valence-electron chi connectivity index (χ4n) is 2.27. The van der Waals surface area contributed by atoms with Gasteiger partial charge in [0.05, 0.1) is 34.1 Å². The molecule has 0 saturated carbocycles. The summed E-state index contributed by atoms with van der Waals surface area (Å²) in [6.45, 7) is 1.19. The number of hydrogen-bond donors (Lipinski definition) is 0. The molecule has 0 spiro atoms. The van der Waals surface area contributed by atoms with Gasteiger partial charge >= 0.3 is 0 Å². The second-order valence-corrected chi connectivity index (χ2v) is 7.35. The summed E-state index contributed by atoms with van der Waals surface area (Å²) in [6, 6.07) is 7.12. The van der Waals surface area contributed by atoms with Crippen LogP contribution in [0.25, 0.3) is 0 Å². The summed E-state index contributed by atoms with van der Waals surface area (Å²) in [7, 11) is -1.27. The molecule has 0 fully saturated rings. The Balaban J connectivity index is 1.74. The van der Waals surface area contributed by atoms with Crippen LogP contribution in [0.4, 0.5) is 0 Å². The molecule has 1 aliphatic rings. The minimum absolute atomic E-state index is 0.409. The predicted molar refractivity (Wildman–Crippen MR) is 91.3 cm³/mol. The summed E-state index contributed by atoms with van der Waals surface area (Å²) in [5.74, 6) is 1.64. The molecule has 1 aromatic carbocycles. The van der Waals surface area contributed by atoms with Crippen LogP contribution in [-0.2, 0) is 17.2 Å². The van der Waals surface area contributed by atoms with Gasteiger partial charge in [-0.2, -0.15) is 0 Å². The van der Waals surface area contributed by atoms with E-state index < -0.39 is 10.8 Å². The largest absolute Gasteiger partial charge is 0.489 e. The van der Waals surface area contributed by atoms with E-state index >= 15 is 0 Å². The van der Waals surface area contributed by atoms with Gasteiger partial charge in [0.25, 0.3) is 0 Å². The van der Waals surface area contributed by atoms with Gasteiger partial charge in [0.15, 0.2) is 11.5 Å². The number of ether oxygens (including phenoxy) is 2. The van der Waals surface area contributed by atoms with Crippen LogP contribution in [0.15, 0.2) is 35.5 Å². The summed E-state index contributed by atoms with van der Waals surface area (Å²) < 4.78 is 23.6. The fraction of sp³-hybridized carbons (Fsp3) is 0.312. The third-order valence-electron chi connectivity index (χ3n) is 3.38. The van der Waals surface area contributed by atoms with E-state index in [0.717, 1.165) is 12.0 Å². The molecule has 2 heterocycles. The summed E-state index contributed by atoms with van der Waals surface area (Å²) in [6.07, 6.45) is 2.99. The lowest BCUT2D eigenvalue weighted by Gasteiger charge is -2.11. The molecule has 0 radical (unpaired) electrons. The highest BCUT2D eigenvalue weighted by Gasteiger charge is 2.16. The monoisotopic (exact) mass is 371 g/mol. The molecule has 122 valence electrons. The van der Waals surface area contributed by atoms with Crippen molar-refractivity contribution in [2.24, 2.45) is 0 Å². The first-order chi connectivity index (χ1) is 11.1. The Morgan fingerprint density at radius 1 is 1.17 bits per heavy atom. The zero-order chi connectivity index (χ0) is 16.2. The van der Waals surface area contributed by atoms with Gasteiger partial charge in [-0.15, -0.1) is 0 Å². The fourth-order valence-corrected chi connectivity index (χ4v) is 4.02. The lowest BCUT2D eigenvalue weighted by Crippen LogP contribution is -2.04. The molecule has 1 aliphatic heterocycles. The predicted octanol–water partition coefficient (Wildman–Crippen LogP) is 3.90. The number of pyridine rings is 1. The van der Waals surface area contributed by atoms with E-state index in [9.17, 15) is 4.21 Å². The van der Waals surface area contributed by atoms with Crippen molar-refractivity contribution >= 4 is 34.0 Å². The van der Waals surface area contributed by atoms with Crippen LogP contribution in [0.1, 0.15) is 12.0 Å². The highest BCUT2D eigenvalue weighted by molar-refractivity contribution is 7.85. The van der Waals surface area contributed by atoms with Gasteiger partial charge in [-0.3, -0.25) is 4.21 Å². The third kappa shape index (κ3) is 3.97. The Bertz CT molecular complexity index is 739. The van der Waals surface area contributed by atoms with Crippen molar-refractivity contribution < 1.29 is 13.7 Å². The molecule has 1 aromatic heterocycles. The van der Waals surface area contributed by atoms with Crippen molar-refractivity contribution in [1.82, 2.24) is 4.98 Å². The lowest BCUT2D eigenvalue weighted by atomic mass is 10.1. The second-order valence-electron chi connectivity index (χ2n) is 5.05. The first kappa shape index (κ1) is 16.6. The highest BCUT2D eigenvalue weighted by Crippen LogP contribution is 2.38. The molecule has 0 bridgehead atoms. The quantitative estimate of drug-likeness (QED) is 0.817. The number of benzene rings is 1. The van der Waals surface area contributed by atoms with E-state index in [0.29, 0.717) is 52.0 Å². The van der Waals surface area contributed by atoms with Crippen molar-refractivity contribution in [2.75, 3.05) is 19.0 Å². The van der Waals surface area contributed by atoms with Gasteiger partial charge in [-0.25, -0.2) is 4.98 Å². The van der Waals surface area contributed by atoms with E-state index in [4.69, 9.17) is 32.7 Å². The van der Waals surface area contributed by atoms with E-state index in [-0.39, 0.29) is 0 Å². The summed E-state index contributed by atoms with van der Waals surface area (Å²) >= 11 is 12.3. The Hall–Kier alpha value is -1.30. The van der Waals surface area contributed by atoms with Crippen molar-refractivity contribution in [1.29, 1.82) is 0 Å². The number of aryl methyl sites for hydroxylation is 1. The van der Waals surface area contributed by atoms with Crippen LogP contribution in [0.2, 0.25) is 10.0 Å². The highest BCUT2D eigenvalue weighted by atomic mass is 35.5. The van der Waals surface area contributed by atoms with Gasteiger partial charge in [0, 0.05) is 18.4 Å². The van der Waals surface area contributed by atoms with Gasteiger partial charge in [-0.05, 0) is 36.2 Å². The molecule has 0 amide bonds. The normalized spacial score (nSPS) is 15.0. The number of nitrogens with zero attached hydrogens (tertiary/aromatic N) is 1. The van der Waals surface area contributed by atoms with Crippen molar-refractivity contribution in [3.05, 3.63) is 46.1 Å². The average molecular weight is 372 g/mol. The van der Waals surface area contributed by atoms with E-state index in [1.165, 1.54) is 0 Å². The second kappa shape index (κ2) is 7.51. The maximum Gasteiger partial charge on any atom is 0.179 e. The molecule has 0 aliphatic carbocycles. The van der Waals surface area contributed by atoms with E-state index in [1.807, 2.05) is 12.1 Å². The maximum absolute atomic E-state index is 12.3. The first-order valence-electron chi connectivity index (χ1n) is 7.22. The first-order valence-corrected chi connectivity index (χ1v) is 9.29. The molecule has 0 saturated heterocycles. The van der Waals surface area contributed by atoms with E-state index in [1.54, 1.807) is 18.3 Å². The SMILES string of the molecule is O=S(CCc1cc(Cl)c2c(c1)OCCCO2)c1ncccc1Cl. The molecule has 2 aromatic rings. The van der Waals surface area contributed by atoms with Crippen LogP contribution in [-0.4, -0.2) is 28.2 Å². The zero-order valence-corrected chi connectivity index (χ0v) is 14.6. The van der Waals surface area contributed by atoms with Gasteiger partial charge in [0.1, 0.15) is 5.03 Å². The van der Waals surface area contributed by atoms with Gasteiger partial charge in [0.2, 0.25) is 0 Å². The van der Waals surface area contributed by atoms with Crippen LogP contribution >= 0.6 is 23.2 Å². The minimum Gasteiger partial charge on any atom is -0.489 e.